The van der Waals surface area contributed by atoms with Gasteiger partial charge >= 0.3 is 11.9 Å². The van der Waals surface area contributed by atoms with Crippen molar-refractivity contribution in [1.82, 2.24) is 9.55 Å². The molecule has 2 heterocycles. The summed E-state index contributed by atoms with van der Waals surface area (Å²) in [5.41, 5.74) is -3.03. The van der Waals surface area contributed by atoms with Gasteiger partial charge in [0.25, 0.3) is 5.56 Å². The smallest absolute Gasteiger partial charge is 0.374 e. The molecular formula is C21H21F3N2O5. The molecule has 0 saturated carbocycles. The van der Waals surface area contributed by atoms with Gasteiger partial charge in [-0.25, -0.2) is 4.79 Å². The molecule has 7 nitrogen and oxygen atoms in total. The second-order valence-corrected chi connectivity index (χ2v) is 6.85. The fraction of sp³-hybridized carbons (Fsp3) is 0.429. The molecule has 10 heteroatoms. The number of ether oxygens (including phenoxy) is 3. The molecule has 0 spiro atoms. The van der Waals surface area contributed by atoms with E-state index in [4.69, 9.17) is 14.2 Å². The second kappa shape index (κ2) is 9.96. The third-order valence-electron chi connectivity index (χ3n) is 4.70. The second-order valence-electron chi connectivity index (χ2n) is 6.85. The van der Waals surface area contributed by atoms with Gasteiger partial charge in [-0.1, -0.05) is 36.3 Å². The van der Waals surface area contributed by atoms with Gasteiger partial charge in [0.1, 0.15) is 24.5 Å². The molecular weight excluding hydrogens is 417 g/mol. The molecule has 1 aliphatic heterocycles. The van der Waals surface area contributed by atoms with Crippen molar-refractivity contribution in [2.75, 3.05) is 13.2 Å². The van der Waals surface area contributed by atoms with Gasteiger partial charge in [-0.05, 0) is 12.5 Å². The van der Waals surface area contributed by atoms with E-state index in [1.807, 2.05) is 30.3 Å². The molecule has 2 aromatic rings. The normalized spacial score (nSPS) is 21.0. The van der Waals surface area contributed by atoms with Crippen LogP contribution in [0.2, 0.25) is 0 Å². The number of benzene rings is 1. The van der Waals surface area contributed by atoms with Crippen LogP contribution in [0, 0.1) is 11.8 Å². The van der Waals surface area contributed by atoms with Crippen LogP contribution < -0.4 is 11.2 Å². The number of hydrogen-bond donors (Lipinski definition) is 1. The van der Waals surface area contributed by atoms with E-state index in [2.05, 4.69) is 11.8 Å². The van der Waals surface area contributed by atoms with Crippen molar-refractivity contribution in [1.29, 1.82) is 0 Å². The van der Waals surface area contributed by atoms with E-state index >= 15 is 0 Å². The summed E-state index contributed by atoms with van der Waals surface area (Å²) >= 11 is 0. The minimum Gasteiger partial charge on any atom is -0.374 e. The summed E-state index contributed by atoms with van der Waals surface area (Å²) in [5, 5.41) is 0. The van der Waals surface area contributed by atoms with E-state index in [1.54, 1.807) is 11.9 Å². The number of nitrogens with zero attached hydrogens (tertiary/aromatic N) is 1. The fourth-order valence-corrected chi connectivity index (χ4v) is 3.19. The maximum atomic E-state index is 13.1. The number of aromatic amines is 1. The Balaban J connectivity index is 1.76. The highest BCUT2D eigenvalue weighted by Gasteiger charge is 2.40. The first-order valence-corrected chi connectivity index (χ1v) is 9.50. The average molecular weight is 438 g/mol. The van der Waals surface area contributed by atoms with Gasteiger partial charge in [-0.15, -0.1) is 5.92 Å². The molecule has 3 rings (SSSR count). The predicted octanol–water partition coefficient (Wildman–Crippen LogP) is 2.47. The number of nitrogens with one attached hydrogen (secondary N) is 1. The first kappa shape index (κ1) is 22.8. The van der Waals surface area contributed by atoms with Gasteiger partial charge in [0, 0.05) is 12.6 Å². The lowest BCUT2D eigenvalue weighted by atomic mass is 10.2. The monoisotopic (exact) mass is 438 g/mol. The van der Waals surface area contributed by atoms with Crippen LogP contribution >= 0.6 is 0 Å². The zero-order valence-corrected chi connectivity index (χ0v) is 16.6. The van der Waals surface area contributed by atoms with E-state index in [0.717, 1.165) is 10.1 Å². The van der Waals surface area contributed by atoms with Crippen LogP contribution in [0.3, 0.4) is 0 Å². The maximum absolute atomic E-state index is 13.1. The number of aromatic nitrogens is 2. The van der Waals surface area contributed by atoms with Gasteiger partial charge in [0.2, 0.25) is 0 Å². The van der Waals surface area contributed by atoms with Crippen molar-refractivity contribution in [2.24, 2.45) is 0 Å². The highest BCUT2D eigenvalue weighted by molar-refractivity contribution is 5.13. The van der Waals surface area contributed by atoms with Crippen molar-refractivity contribution in [3.63, 3.8) is 0 Å². The SMILES string of the molecule is CC#CCO[C@H]1C[C@H](n2cc(C(F)(F)F)c(=O)[nH]c2=O)O[C@@H]1COCc1ccccc1. The summed E-state index contributed by atoms with van der Waals surface area (Å²) in [6.07, 6.45) is -6.60. The lowest BCUT2D eigenvalue weighted by Crippen LogP contribution is -2.36. The predicted molar refractivity (Wildman–Crippen MR) is 104 cm³/mol. The maximum Gasteiger partial charge on any atom is 0.423 e. The Morgan fingerprint density at radius 2 is 2.00 bits per heavy atom. The Labute approximate surface area is 175 Å². The summed E-state index contributed by atoms with van der Waals surface area (Å²) < 4.78 is 57.2. The lowest BCUT2D eigenvalue weighted by molar-refractivity contribution is -0.139. The summed E-state index contributed by atoms with van der Waals surface area (Å²) in [6.45, 7) is 2.15. The molecule has 31 heavy (non-hydrogen) atoms. The van der Waals surface area contributed by atoms with Crippen molar-refractivity contribution < 1.29 is 27.4 Å². The van der Waals surface area contributed by atoms with Gasteiger partial charge < -0.3 is 14.2 Å². The van der Waals surface area contributed by atoms with Crippen LogP contribution in [0.15, 0.2) is 46.1 Å². The average Bonchev–Trinajstić information content (AvgIpc) is 3.11. The molecule has 0 amide bonds. The van der Waals surface area contributed by atoms with Gasteiger partial charge in [0.05, 0.1) is 19.3 Å². The summed E-state index contributed by atoms with van der Waals surface area (Å²) in [7, 11) is 0. The molecule has 0 radical (unpaired) electrons. The Kier molecular flexibility index (Phi) is 7.33. The van der Waals surface area contributed by atoms with E-state index < -0.39 is 41.4 Å². The number of rotatable bonds is 7. The minimum absolute atomic E-state index is 0.0913. The Morgan fingerprint density at radius 3 is 2.68 bits per heavy atom. The number of H-pyrrole nitrogens is 1. The molecule has 1 aromatic carbocycles. The highest BCUT2D eigenvalue weighted by Crippen LogP contribution is 2.32. The zero-order valence-electron chi connectivity index (χ0n) is 16.6. The van der Waals surface area contributed by atoms with E-state index in [0.29, 0.717) is 12.8 Å². The molecule has 0 unspecified atom stereocenters. The Morgan fingerprint density at radius 1 is 1.26 bits per heavy atom. The zero-order chi connectivity index (χ0) is 22.4. The fourth-order valence-electron chi connectivity index (χ4n) is 3.19. The third-order valence-corrected chi connectivity index (χ3v) is 4.70. The van der Waals surface area contributed by atoms with Crippen LogP contribution in [0.25, 0.3) is 0 Å². The highest BCUT2D eigenvalue weighted by atomic mass is 19.4. The molecule has 166 valence electrons. The molecule has 1 aromatic heterocycles. The van der Waals surface area contributed by atoms with Crippen LogP contribution in [0.1, 0.15) is 30.7 Å². The van der Waals surface area contributed by atoms with Crippen molar-refractivity contribution >= 4 is 0 Å². The molecule has 1 fully saturated rings. The number of hydrogen-bond acceptors (Lipinski definition) is 5. The molecule has 1 saturated heterocycles. The van der Waals surface area contributed by atoms with Crippen LogP contribution in [0.5, 0.6) is 0 Å². The van der Waals surface area contributed by atoms with Crippen LogP contribution in [-0.4, -0.2) is 35.0 Å². The summed E-state index contributed by atoms with van der Waals surface area (Å²) in [6, 6.07) is 9.40. The first-order chi connectivity index (χ1) is 14.8. The summed E-state index contributed by atoms with van der Waals surface area (Å²) in [4.78, 5) is 25.4. The van der Waals surface area contributed by atoms with E-state index in [1.165, 1.54) is 0 Å². The molecule has 3 atom stereocenters. The van der Waals surface area contributed by atoms with Crippen molar-refractivity contribution in [3.8, 4) is 11.8 Å². The minimum atomic E-state index is -4.91. The van der Waals surface area contributed by atoms with E-state index in [9.17, 15) is 22.8 Å². The van der Waals surface area contributed by atoms with E-state index in [-0.39, 0.29) is 19.6 Å². The topological polar surface area (TPSA) is 82.6 Å². The van der Waals surface area contributed by atoms with Crippen LogP contribution in [-0.2, 0) is 27.0 Å². The first-order valence-electron chi connectivity index (χ1n) is 9.50. The Bertz CT molecular complexity index is 1050. The molecule has 0 aliphatic carbocycles. The largest absolute Gasteiger partial charge is 0.423 e. The molecule has 1 aliphatic rings. The quantitative estimate of drug-likeness (QED) is 0.672. The van der Waals surface area contributed by atoms with Gasteiger partial charge in [0.15, 0.2) is 0 Å². The number of alkyl halides is 3. The lowest BCUT2D eigenvalue weighted by Gasteiger charge is -2.18. The Hall–Kier alpha value is -2.87. The number of halogens is 3. The summed E-state index contributed by atoms with van der Waals surface area (Å²) in [5.74, 6) is 5.43. The van der Waals surface area contributed by atoms with Crippen LogP contribution in [0.4, 0.5) is 13.2 Å². The molecule has 1 N–H and O–H groups in total. The third kappa shape index (κ3) is 5.85. The van der Waals surface area contributed by atoms with Gasteiger partial charge in [-0.2, -0.15) is 13.2 Å². The standard InChI is InChI=1S/C21H21F3N2O5/c1-2-3-9-30-16-10-18(26-11-15(21(22,23)24)19(27)25-20(26)28)31-17(16)13-29-12-14-7-5-4-6-8-14/h4-8,11,16-18H,9-10,12-13H2,1H3,(H,25,27,28)/t16-,17+,18+/m0/s1. The van der Waals surface area contributed by atoms with Gasteiger partial charge in [-0.3, -0.25) is 14.3 Å². The van der Waals surface area contributed by atoms with Crippen molar-refractivity contribution in [3.05, 3.63) is 68.5 Å². The molecule has 0 bridgehead atoms. The van der Waals surface area contributed by atoms with Crippen molar-refractivity contribution in [2.45, 2.75) is 44.6 Å².